The molecule has 0 atom stereocenters. The Morgan fingerprint density at radius 2 is 1.70 bits per heavy atom. The lowest BCUT2D eigenvalue weighted by atomic mass is 10.00. The molecule has 3 nitrogen and oxygen atoms in total. The molecule has 0 bridgehead atoms. The SMILES string of the molecule is CS(=O)(=O)OCCCCCc1cccc2ccccc12. The minimum absolute atomic E-state index is 0.286. The van der Waals surface area contributed by atoms with Crippen LogP contribution in [0.15, 0.2) is 42.5 Å². The fourth-order valence-electron chi connectivity index (χ4n) is 2.32. The maximum absolute atomic E-state index is 10.8. The summed E-state index contributed by atoms with van der Waals surface area (Å²) in [5.41, 5.74) is 1.35. The van der Waals surface area contributed by atoms with Gasteiger partial charge in [0.25, 0.3) is 10.1 Å². The van der Waals surface area contributed by atoms with E-state index in [1.165, 1.54) is 16.3 Å². The van der Waals surface area contributed by atoms with Gasteiger partial charge in [0.2, 0.25) is 0 Å². The van der Waals surface area contributed by atoms with E-state index in [2.05, 4.69) is 42.5 Å². The van der Waals surface area contributed by atoms with Crippen molar-refractivity contribution in [1.29, 1.82) is 0 Å². The Labute approximate surface area is 120 Å². The summed E-state index contributed by atoms with van der Waals surface area (Å²) >= 11 is 0. The van der Waals surface area contributed by atoms with Gasteiger partial charge in [-0.15, -0.1) is 0 Å². The van der Waals surface area contributed by atoms with Gasteiger partial charge in [0, 0.05) is 0 Å². The van der Waals surface area contributed by atoms with Gasteiger partial charge in [0.15, 0.2) is 0 Å². The zero-order valence-corrected chi connectivity index (χ0v) is 12.5. The van der Waals surface area contributed by atoms with Crippen LogP contribution < -0.4 is 0 Å². The van der Waals surface area contributed by atoms with Gasteiger partial charge in [-0.3, -0.25) is 4.18 Å². The minimum Gasteiger partial charge on any atom is -0.270 e. The molecule has 0 saturated heterocycles. The van der Waals surface area contributed by atoms with Crippen LogP contribution in [-0.2, 0) is 20.7 Å². The van der Waals surface area contributed by atoms with Gasteiger partial charge in [0.05, 0.1) is 12.9 Å². The summed E-state index contributed by atoms with van der Waals surface area (Å²) in [7, 11) is -3.29. The lowest BCUT2D eigenvalue weighted by Crippen LogP contribution is -2.04. The first-order valence-electron chi connectivity index (χ1n) is 6.87. The zero-order chi connectivity index (χ0) is 14.4. The quantitative estimate of drug-likeness (QED) is 0.579. The second-order valence-corrected chi connectivity index (χ2v) is 6.62. The normalized spacial score (nSPS) is 11.8. The van der Waals surface area contributed by atoms with Crippen LogP contribution >= 0.6 is 0 Å². The van der Waals surface area contributed by atoms with Crippen molar-refractivity contribution >= 4 is 20.9 Å². The van der Waals surface area contributed by atoms with E-state index in [1.807, 2.05) is 0 Å². The predicted molar refractivity (Wildman–Crippen MR) is 82.3 cm³/mol. The molecule has 2 aromatic carbocycles. The molecule has 2 aromatic rings. The number of aryl methyl sites for hydroxylation is 1. The van der Waals surface area contributed by atoms with Crippen molar-refractivity contribution in [3.8, 4) is 0 Å². The molecule has 4 heteroatoms. The second-order valence-electron chi connectivity index (χ2n) is 4.98. The van der Waals surface area contributed by atoms with Crippen molar-refractivity contribution in [2.24, 2.45) is 0 Å². The summed E-state index contributed by atoms with van der Waals surface area (Å²) in [4.78, 5) is 0. The van der Waals surface area contributed by atoms with E-state index in [0.717, 1.165) is 31.9 Å². The zero-order valence-electron chi connectivity index (χ0n) is 11.7. The van der Waals surface area contributed by atoms with Crippen molar-refractivity contribution < 1.29 is 12.6 Å². The van der Waals surface area contributed by atoms with Crippen molar-refractivity contribution in [2.45, 2.75) is 25.7 Å². The maximum Gasteiger partial charge on any atom is 0.264 e. The summed E-state index contributed by atoms with van der Waals surface area (Å²) in [6, 6.07) is 14.8. The summed E-state index contributed by atoms with van der Waals surface area (Å²) in [5, 5.41) is 2.58. The topological polar surface area (TPSA) is 43.4 Å². The molecule has 0 aliphatic rings. The van der Waals surface area contributed by atoms with Crippen molar-refractivity contribution in [3.05, 3.63) is 48.0 Å². The van der Waals surface area contributed by atoms with Crippen molar-refractivity contribution in [2.75, 3.05) is 12.9 Å². The molecule has 0 heterocycles. The van der Waals surface area contributed by atoms with E-state index in [9.17, 15) is 8.42 Å². The van der Waals surface area contributed by atoms with Gasteiger partial charge in [-0.2, -0.15) is 8.42 Å². The maximum atomic E-state index is 10.8. The molecule has 0 N–H and O–H groups in total. The Hall–Kier alpha value is -1.39. The monoisotopic (exact) mass is 292 g/mol. The van der Waals surface area contributed by atoms with Gasteiger partial charge in [-0.05, 0) is 35.6 Å². The molecular formula is C16H20O3S. The van der Waals surface area contributed by atoms with Gasteiger partial charge in [-0.25, -0.2) is 0 Å². The summed E-state index contributed by atoms with van der Waals surface area (Å²) < 4.78 is 26.3. The molecule has 108 valence electrons. The highest BCUT2D eigenvalue weighted by Gasteiger charge is 2.02. The van der Waals surface area contributed by atoms with Gasteiger partial charge in [-0.1, -0.05) is 48.9 Å². The highest BCUT2D eigenvalue weighted by molar-refractivity contribution is 7.85. The third kappa shape index (κ3) is 4.62. The van der Waals surface area contributed by atoms with Crippen LogP contribution in [0.1, 0.15) is 24.8 Å². The van der Waals surface area contributed by atoms with Gasteiger partial charge >= 0.3 is 0 Å². The third-order valence-electron chi connectivity index (χ3n) is 3.27. The number of hydrogen-bond donors (Lipinski definition) is 0. The van der Waals surface area contributed by atoms with E-state index < -0.39 is 10.1 Å². The summed E-state index contributed by atoms with van der Waals surface area (Å²) in [6.07, 6.45) is 4.89. The average Bonchev–Trinajstić information content (AvgIpc) is 2.41. The molecule has 0 amide bonds. The van der Waals surface area contributed by atoms with Crippen LogP contribution in [0.5, 0.6) is 0 Å². The lowest BCUT2D eigenvalue weighted by Gasteiger charge is -2.06. The molecule has 2 rings (SSSR count). The molecule has 0 radical (unpaired) electrons. The fourth-order valence-corrected chi connectivity index (χ4v) is 2.74. The number of hydrogen-bond acceptors (Lipinski definition) is 3. The van der Waals surface area contributed by atoms with Crippen LogP contribution in [0, 0.1) is 0 Å². The predicted octanol–water partition coefficient (Wildman–Crippen LogP) is 3.53. The van der Waals surface area contributed by atoms with E-state index in [-0.39, 0.29) is 6.61 Å². The highest BCUT2D eigenvalue weighted by atomic mass is 32.2. The largest absolute Gasteiger partial charge is 0.270 e. The van der Waals surface area contributed by atoms with Crippen molar-refractivity contribution in [3.63, 3.8) is 0 Å². The van der Waals surface area contributed by atoms with E-state index in [0.29, 0.717) is 0 Å². The summed E-state index contributed by atoms with van der Waals surface area (Å²) in [6.45, 7) is 0.286. The van der Waals surface area contributed by atoms with E-state index in [1.54, 1.807) is 0 Å². The molecule has 0 saturated carbocycles. The van der Waals surface area contributed by atoms with Crippen LogP contribution in [0.2, 0.25) is 0 Å². The molecule has 0 aliphatic heterocycles. The summed E-state index contributed by atoms with van der Waals surface area (Å²) in [5.74, 6) is 0. The van der Waals surface area contributed by atoms with Gasteiger partial charge < -0.3 is 0 Å². The Balaban J connectivity index is 1.82. The Morgan fingerprint density at radius 3 is 2.50 bits per heavy atom. The molecule has 0 aliphatic carbocycles. The first kappa shape index (κ1) is 15.0. The fraction of sp³-hybridized carbons (Fsp3) is 0.375. The highest BCUT2D eigenvalue weighted by Crippen LogP contribution is 2.20. The third-order valence-corrected chi connectivity index (χ3v) is 3.86. The second kappa shape index (κ2) is 6.86. The number of benzene rings is 2. The van der Waals surface area contributed by atoms with E-state index >= 15 is 0 Å². The number of unbranched alkanes of at least 4 members (excludes halogenated alkanes) is 2. The molecule has 0 fully saturated rings. The standard InChI is InChI=1S/C16H20O3S/c1-20(17,18)19-13-6-2-3-8-14-10-7-11-15-9-4-5-12-16(14)15/h4-5,7,9-12H,2-3,6,8,13H2,1H3. The molecule has 0 aromatic heterocycles. The van der Waals surface area contributed by atoms with Crippen molar-refractivity contribution in [1.82, 2.24) is 0 Å². The Kier molecular flexibility index (Phi) is 5.15. The molecule has 0 unspecified atom stereocenters. The lowest BCUT2D eigenvalue weighted by molar-refractivity contribution is 0.310. The molecular weight excluding hydrogens is 272 g/mol. The van der Waals surface area contributed by atoms with Gasteiger partial charge in [0.1, 0.15) is 0 Å². The Bertz CT molecular complexity index is 657. The van der Waals surface area contributed by atoms with Crippen LogP contribution in [0.25, 0.3) is 10.8 Å². The van der Waals surface area contributed by atoms with Crippen LogP contribution in [0.4, 0.5) is 0 Å². The van der Waals surface area contributed by atoms with Crippen LogP contribution in [0.3, 0.4) is 0 Å². The smallest absolute Gasteiger partial charge is 0.264 e. The first-order valence-corrected chi connectivity index (χ1v) is 8.69. The van der Waals surface area contributed by atoms with Crippen LogP contribution in [-0.4, -0.2) is 21.3 Å². The van der Waals surface area contributed by atoms with E-state index in [4.69, 9.17) is 4.18 Å². The molecule has 0 spiro atoms. The number of fused-ring (bicyclic) bond motifs is 1. The Morgan fingerprint density at radius 1 is 0.950 bits per heavy atom. The minimum atomic E-state index is -3.29. The average molecular weight is 292 g/mol. The molecule has 20 heavy (non-hydrogen) atoms. The first-order chi connectivity index (χ1) is 9.56. The number of rotatable bonds is 7.